The molecule has 0 aliphatic heterocycles. The minimum absolute atomic E-state index is 0.0408. The number of benzene rings is 2. The fourth-order valence-corrected chi connectivity index (χ4v) is 2.08. The van der Waals surface area contributed by atoms with Gasteiger partial charge in [0.25, 0.3) is 11.6 Å². The third-order valence-electron chi connectivity index (χ3n) is 3.20. The molecule has 0 radical (unpaired) electrons. The summed E-state index contributed by atoms with van der Waals surface area (Å²) in [6.45, 7) is 0. The van der Waals surface area contributed by atoms with Crippen molar-refractivity contribution in [2.24, 2.45) is 0 Å². The number of carbonyl (C=O) groups excluding carboxylic acids is 1. The summed E-state index contributed by atoms with van der Waals surface area (Å²) in [6, 6.07) is 9.00. The molecule has 120 valence electrons. The van der Waals surface area contributed by atoms with E-state index in [4.69, 9.17) is 0 Å². The SMILES string of the molecule is O=C(Nc1ccc(F)cc1)c1cc([N+](=O)[O-])ccc1-n1cncn1. The van der Waals surface area contributed by atoms with Crippen molar-refractivity contribution in [2.45, 2.75) is 0 Å². The Morgan fingerprint density at radius 2 is 1.96 bits per heavy atom. The second-order valence-corrected chi connectivity index (χ2v) is 4.76. The molecule has 0 unspecified atom stereocenters. The largest absolute Gasteiger partial charge is 0.322 e. The van der Waals surface area contributed by atoms with Gasteiger partial charge in [-0.3, -0.25) is 14.9 Å². The summed E-state index contributed by atoms with van der Waals surface area (Å²) in [7, 11) is 0. The predicted octanol–water partition coefficient (Wildman–Crippen LogP) is 2.57. The molecule has 0 aliphatic carbocycles. The Hall–Kier alpha value is -3.62. The number of non-ortho nitro benzene ring substituents is 1. The number of aromatic nitrogens is 3. The van der Waals surface area contributed by atoms with E-state index in [1.54, 1.807) is 0 Å². The number of rotatable bonds is 4. The quantitative estimate of drug-likeness (QED) is 0.586. The monoisotopic (exact) mass is 327 g/mol. The van der Waals surface area contributed by atoms with Crippen molar-refractivity contribution < 1.29 is 14.1 Å². The van der Waals surface area contributed by atoms with Crippen LogP contribution in [0.3, 0.4) is 0 Å². The Labute approximate surface area is 134 Å². The Bertz CT molecular complexity index is 894. The fraction of sp³-hybridized carbons (Fsp3) is 0. The lowest BCUT2D eigenvalue weighted by Gasteiger charge is -2.10. The zero-order chi connectivity index (χ0) is 17.1. The maximum absolute atomic E-state index is 12.9. The van der Waals surface area contributed by atoms with E-state index in [1.807, 2.05) is 0 Å². The summed E-state index contributed by atoms with van der Waals surface area (Å²) in [5.74, 6) is -1.03. The molecule has 8 nitrogen and oxygen atoms in total. The molecule has 9 heteroatoms. The van der Waals surface area contributed by atoms with Gasteiger partial charge in [0.15, 0.2) is 0 Å². The maximum atomic E-state index is 12.9. The molecule has 1 N–H and O–H groups in total. The summed E-state index contributed by atoms with van der Waals surface area (Å²) >= 11 is 0. The van der Waals surface area contributed by atoms with Gasteiger partial charge in [0.2, 0.25) is 0 Å². The predicted molar refractivity (Wildman–Crippen MR) is 82.4 cm³/mol. The van der Waals surface area contributed by atoms with Crippen molar-refractivity contribution >= 4 is 17.3 Å². The number of amides is 1. The number of nitro groups is 1. The number of halogens is 1. The lowest BCUT2D eigenvalue weighted by Crippen LogP contribution is -2.15. The average Bonchev–Trinajstić information content (AvgIpc) is 3.10. The third-order valence-corrected chi connectivity index (χ3v) is 3.20. The summed E-state index contributed by atoms with van der Waals surface area (Å²) in [5, 5.41) is 17.5. The van der Waals surface area contributed by atoms with Gasteiger partial charge >= 0.3 is 0 Å². The first kappa shape index (κ1) is 15.3. The first-order valence-corrected chi connectivity index (χ1v) is 6.75. The molecule has 0 saturated carbocycles. The fourth-order valence-electron chi connectivity index (χ4n) is 2.08. The minimum Gasteiger partial charge on any atom is -0.322 e. The van der Waals surface area contributed by atoms with Crippen molar-refractivity contribution in [3.05, 3.63) is 76.6 Å². The highest BCUT2D eigenvalue weighted by Gasteiger charge is 2.18. The van der Waals surface area contributed by atoms with Crippen LogP contribution in [0, 0.1) is 15.9 Å². The van der Waals surface area contributed by atoms with Crippen LogP contribution in [0.15, 0.2) is 55.1 Å². The molecule has 2 aromatic carbocycles. The second kappa shape index (κ2) is 6.24. The molecule has 0 saturated heterocycles. The molecule has 1 heterocycles. The van der Waals surface area contributed by atoms with E-state index >= 15 is 0 Å². The standard InChI is InChI=1S/C15H10FN5O3/c16-10-1-3-11(4-2-10)19-15(22)13-7-12(21(23)24)5-6-14(13)20-9-17-8-18-20/h1-9H,(H,19,22). The molecule has 0 fully saturated rings. The Balaban J connectivity index is 2.00. The van der Waals surface area contributed by atoms with Crippen molar-refractivity contribution in [3.63, 3.8) is 0 Å². The smallest absolute Gasteiger partial charge is 0.270 e. The van der Waals surface area contributed by atoms with Gasteiger partial charge in [0.1, 0.15) is 18.5 Å². The first-order valence-electron chi connectivity index (χ1n) is 6.75. The van der Waals surface area contributed by atoms with Crippen molar-refractivity contribution in [2.75, 3.05) is 5.32 Å². The molecule has 0 bridgehead atoms. The Morgan fingerprint density at radius 1 is 1.21 bits per heavy atom. The molecule has 1 amide bonds. The zero-order valence-electron chi connectivity index (χ0n) is 12.1. The number of hydrogen-bond acceptors (Lipinski definition) is 5. The molecular formula is C15H10FN5O3. The van der Waals surface area contributed by atoms with Gasteiger partial charge in [0, 0.05) is 17.8 Å². The summed E-state index contributed by atoms with van der Waals surface area (Å²) in [5.41, 5.74) is 0.498. The van der Waals surface area contributed by atoms with Crippen LogP contribution in [-0.2, 0) is 0 Å². The van der Waals surface area contributed by atoms with E-state index in [1.165, 1.54) is 53.7 Å². The second-order valence-electron chi connectivity index (χ2n) is 4.76. The van der Waals surface area contributed by atoms with Gasteiger partial charge in [-0.15, -0.1) is 0 Å². The Kier molecular flexibility index (Phi) is 3.98. The third kappa shape index (κ3) is 3.09. The molecule has 0 spiro atoms. The average molecular weight is 327 g/mol. The summed E-state index contributed by atoms with van der Waals surface area (Å²) in [4.78, 5) is 26.7. The summed E-state index contributed by atoms with van der Waals surface area (Å²) in [6.07, 6.45) is 2.65. The number of nitrogens with one attached hydrogen (secondary N) is 1. The van der Waals surface area contributed by atoms with Crippen LogP contribution in [0.4, 0.5) is 15.8 Å². The molecule has 24 heavy (non-hydrogen) atoms. The van der Waals surface area contributed by atoms with Gasteiger partial charge in [0.05, 0.1) is 16.2 Å². The van der Waals surface area contributed by atoms with E-state index in [0.29, 0.717) is 11.4 Å². The highest BCUT2D eigenvalue weighted by atomic mass is 19.1. The van der Waals surface area contributed by atoms with Crippen LogP contribution in [0.25, 0.3) is 5.69 Å². The van der Waals surface area contributed by atoms with Crippen LogP contribution in [0.2, 0.25) is 0 Å². The summed E-state index contributed by atoms with van der Waals surface area (Å²) < 4.78 is 14.3. The number of hydrogen-bond donors (Lipinski definition) is 1. The van der Waals surface area contributed by atoms with Crippen molar-refractivity contribution in [3.8, 4) is 5.69 Å². The van der Waals surface area contributed by atoms with Crippen LogP contribution >= 0.6 is 0 Å². The minimum atomic E-state index is -0.597. The molecule has 0 atom stereocenters. The van der Waals surface area contributed by atoms with Crippen LogP contribution < -0.4 is 5.32 Å². The van der Waals surface area contributed by atoms with E-state index in [2.05, 4.69) is 15.4 Å². The van der Waals surface area contributed by atoms with Gasteiger partial charge in [-0.1, -0.05) is 0 Å². The van der Waals surface area contributed by atoms with Crippen LogP contribution in [0.1, 0.15) is 10.4 Å². The topological polar surface area (TPSA) is 103 Å². The number of anilines is 1. The van der Waals surface area contributed by atoms with E-state index in [9.17, 15) is 19.3 Å². The lowest BCUT2D eigenvalue weighted by molar-refractivity contribution is -0.384. The molecular weight excluding hydrogens is 317 g/mol. The van der Waals surface area contributed by atoms with Crippen LogP contribution in [0.5, 0.6) is 0 Å². The number of nitrogens with zero attached hydrogens (tertiary/aromatic N) is 4. The molecule has 3 rings (SSSR count). The van der Waals surface area contributed by atoms with Crippen molar-refractivity contribution in [1.29, 1.82) is 0 Å². The zero-order valence-corrected chi connectivity index (χ0v) is 12.1. The molecule has 3 aromatic rings. The normalized spacial score (nSPS) is 10.4. The van der Waals surface area contributed by atoms with E-state index in [0.717, 1.165) is 6.07 Å². The van der Waals surface area contributed by atoms with Gasteiger partial charge in [-0.25, -0.2) is 14.1 Å². The number of carbonyl (C=O) groups is 1. The Morgan fingerprint density at radius 3 is 2.58 bits per heavy atom. The van der Waals surface area contributed by atoms with Gasteiger partial charge in [-0.05, 0) is 30.3 Å². The first-order chi connectivity index (χ1) is 11.5. The van der Waals surface area contributed by atoms with Gasteiger partial charge < -0.3 is 5.32 Å². The highest BCUT2D eigenvalue weighted by Crippen LogP contribution is 2.22. The van der Waals surface area contributed by atoms with Crippen LogP contribution in [-0.4, -0.2) is 25.6 Å². The molecule has 0 aliphatic rings. The molecule has 1 aromatic heterocycles. The lowest BCUT2D eigenvalue weighted by atomic mass is 10.1. The van der Waals surface area contributed by atoms with E-state index in [-0.39, 0.29) is 11.3 Å². The maximum Gasteiger partial charge on any atom is 0.270 e. The van der Waals surface area contributed by atoms with Crippen molar-refractivity contribution in [1.82, 2.24) is 14.8 Å². The van der Waals surface area contributed by atoms with Gasteiger partial charge in [-0.2, -0.15) is 5.10 Å². The van der Waals surface area contributed by atoms with E-state index < -0.39 is 16.6 Å². The number of nitro benzene ring substituents is 1. The highest BCUT2D eigenvalue weighted by molar-refractivity contribution is 6.07.